The van der Waals surface area contributed by atoms with Gasteiger partial charge in [-0.3, -0.25) is 4.90 Å². The van der Waals surface area contributed by atoms with E-state index in [4.69, 9.17) is 4.74 Å². The lowest BCUT2D eigenvalue weighted by Gasteiger charge is -2.27. The van der Waals surface area contributed by atoms with Crippen LogP contribution in [-0.2, 0) is 0 Å². The van der Waals surface area contributed by atoms with E-state index >= 15 is 0 Å². The zero-order valence-corrected chi connectivity index (χ0v) is 16.4. The maximum atomic E-state index is 10.1. The number of benzene rings is 1. The number of nitrogens with zero attached hydrogens (tertiary/aromatic N) is 6. The lowest BCUT2D eigenvalue weighted by molar-refractivity contribution is 0.0101. The number of likely N-dealkylation sites (tertiary alicyclic amines) is 1. The van der Waals surface area contributed by atoms with E-state index in [1.54, 1.807) is 18.0 Å². The lowest BCUT2D eigenvalue weighted by atomic mass is 10.2. The molecule has 1 saturated carbocycles. The number of aromatic nitrogens is 5. The Morgan fingerprint density at radius 1 is 1.17 bits per heavy atom. The van der Waals surface area contributed by atoms with Crippen molar-refractivity contribution in [2.75, 3.05) is 19.0 Å². The Morgan fingerprint density at radius 3 is 2.79 bits per heavy atom. The zero-order chi connectivity index (χ0) is 19.8. The first kappa shape index (κ1) is 18.3. The highest BCUT2D eigenvalue weighted by Crippen LogP contribution is 2.30. The molecule has 2 fully saturated rings. The zero-order valence-electron chi connectivity index (χ0n) is 16.4. The fourth-order valence-electron chi connectivity index (χ4n) is 4.46. The monoisotopic (exact) mass is 395 g/mol. The number of ether oxygens (including phenoxy) is 1. The number of fused-ring (bicyclic) bond motifs is 1. The van der Waals surface area contributed by atoms with Crippen LogP contribution < -0.4 is 10.1 Å². The molecule has 2 N–H and O–H groups in total. The van der Waals surface area contributed by atoms with Gasteiger partial charge in [-0.25, -0.2) is 4.98 Å². The molecule has 1 aromatic carbocycles. The molecule has 3 aromatic rings. The second kappa shape index (κ2) is 7.57. The molecular formula is C20H25N7O2. The minimum Gasteiger partial charge on any atom is -0.497 e. The van der Waals surface area contributed by atoms with Crippen molar-refractivity contribution in [3.8, 4) is 11.4 Å². The van der Waals surface area contributed by atoms with Gasteiger partial charge in [-0.15, -0.1) is 5.10 Å². The average molecular weight is 395 g/mol. The Balaban J connectivity index is 1.33. The Hall–Kier alpha value is -2.78. The van der Waals surface area contributed by atoms with E-state index in [-0.39, 0.29) is 6.23 Å². The van der Waals surface area contributed by atoms with Crippen LogP contribution in [0.4, 0.5) is 5.95 Å². The van der Waals surface area contributed by atoms with Crippen LogP contribution in [0, 0.1) is 0 Å². The van der Waals surface area contributed by atoms with Gasteiger partial charge in [0.2, 0.25) is 5.95 Å². The molecule has 0 amide bonds. The SMILES string of the molecule is COc1ccc(-n2nnc3cnc(NC4CCC(N5CCCC5O)C4)nc32)cc1. The van der Waals surface area contributed by atoms with Gasteiger partial charge in [0.1, 0.15) is 12.0 Å². The number of aliphatic hydroxyl groups is 1. The number of rotatable bonds is 5. The van der Waals surface area contributed by atoms with Gasteiger partial charge >= 0.3 is 0 Å². The summed E-state index contributed by atoms with van der Waals surface area (Å²) in [4.78, 5) is 11.3. The van der Waals surface area contributed by atoms with Gasteiger partial charge in [0.05, 0.1) is 19.0 Å². The Kier molecular flexibility index (Phi) is 4.76. The molecule has 3 unspecified atom stereocenters. The van der Waals surface area contributed by atoms with Gasteiger partial charge in [-0.1, -0.05) is 5.21 Å². The van der Waals surface area contributed by atoms with Gasteiger partial charge in [0, 0.05) is 18.6 Å². The Bertz CT molecular complexity index is 990. The number of hydrogen-bond acceptors (Lipinski definition) is 8. The molecule has 29 heavy (non-hydrogen) atoms. The topological polar surface area (TPSA) is 101 Å². The number of hydrogen-bond donors (Lipinski definition) is 2. The van der Waals surface area contributed by atoms with Crippen LogP contribution in [0.5, 0.6) is 5.75 Å². The molecular weight excluding hydrogens is 370 g/mol. The highest BCUT2D eigenvalue weighted by Gasteiger charge is 2.35. The van der Waals surface area contributed by atoms with Crippen LogP contribution in [0.1, 0.15) is 32.1 Å². The Labute approximate surface area is 168 Å². The van der Waals surface area contributed by atoms with E-state index in [1.165, 1.54) is 0 Å². The molecule has 2 aliphatic rings. The lowest BCUT2D eigenvalue weighted by Crippen LogP contribution is -2.38. The number of nitrogens with one attached hydrogen (secondary N) is 1. The molecule has 5 rings (SSSR count). The minimum atomic E-state index is -0.281. The maximum Gasteiger partial charge on any atom is 0.225 e. The molecule has 2 aromatic heterocycles. The van der Waals surface area contributed by atoms with Crippen LogP contribution in [0.15, 0.2) is 30.5 Å². The van der Waals surface area contributed by atoms with Crippen molar-refractivity contribution in [1.29, 1.82) is 0 Å². The van der Waals surface area contributed by atoms with Crippen LogP contribution >= 0.6 is 0 Å². The van der Waals surface area contributed by atoms with Crippen molar-refractivity contribution in [1.82, 2.24) is 29.9 Å². The minimum absolute atomic E-state index is 0.281. The predicted octanol–water partition coefficient (Wildman–Crippen LogP) is 1.97. The summed E-state index contributed by atoms with van der Waals surface area (Å²) in [5.74, 6) is 1.37. The predicted molar refractivity (Wildman–Crippen MR) is 108 cm³/mol. The van der Waals surface area contributed by atoms with Gasteiger partial charge in [0.15, 0.2) is 11.2 Å². The van der Waals surface area contributed by atoms with E-state index in [2.05, 4.69) is 30.5 Å². The van der Waals surface area contributed by atoms with Crippen molar-refractivity contribution in [3.63, 3.8) is 0 Å². The molecule has 1 saturated heterocycles. The number of methoxy groups -OCH3 is 1. The molecule has 9 heteroatoms. The second-order valence-electron chi connectivity index (χ2n) is 7.77. The molecule has 1 aliphatic heterocycles. The average Bonchev–Trinajstić information content (AvgIpc) is 3.47. The third-order valence-corrected chi connectivity index (χ3v) is 5.98. The van der Waals surface area contributed by atoms with E-state index in [1.807, 2.05) is 24.3 Å². The van der Waals surface area contributed by atoms with E-state index in [0.717, 1.165) is 50.1 Å². The summed E-state index contributed by atoms with van der Waals surface area (Å²) in [5.41, 5.74) is 2.18. The summed E-state index contributed by atoms with van der Waals surface area (Å²) in [7, 11) is 1.64. The molecule has 0 radical (unpaired) electrons. The summed E-state index contributed by atoms with van der Waals surface area (Å²) in [5, 5.41) is 22.0. The van der Waals surface area contributed by atoms with E-state index < -0.39 is 0 Å². The van der Waals surface area contributed by atoms with Gasteiger partial charge in [0.25, 0.3) is 0 Å². The summed E-state index contributed by atoms with van der Waals surface area (Å²) < 4.78 is 6.93. The highest BCUT2D eigenvalue weighted by molar-refractivity contribution is 5.72. The van der Waals surface area contributed by atoms with Crippen molar-refractivity contribution < 1.29 is 9.84 Å². The molecule has 9 nitrogen and oxygen atoms in total. The van der Waals surface area contributed by atoms with Crippen LogP contribution in [0.25, 0.3) is 16.9 Å². The van der Waals surface area contributed by atoms with E-state index in [9.17, 15) is 5.11 Å². The van der Waals surface area contributed by atoms with Crippen molar-refractivity contribution in [2.24, 2.45) is 0 Å². The molecule has 1 aliphatic carbocycles. The molecule has 3 heterocycles. The Morgan fingerprint density at radius 2 is 2.03 bits per heavy atom. The standard InChI is InChI=1S/C20H25N7O2/c1-29-16-8-6-14(7-9-16)27-19-17(24-25-27)12-21-20(23-19)22-13-4-5-15(11-13)26-10-2-3-18(26)28/h6-9,12-13,15,18,28H,2-5,10-11H2,1H3,(H,21,22,23). The maximum absolute atomic E-state index is 10.1. The third-order valence-electron chi connectivity index (χ3n) is 5.98. The first-order valence-electron chi connectivity index (χ1n) is 10.1. The summed E-state index contributed by atoms with van der Waals surface area (Å²) >= 11 is 0. The van der Waals surface area contributed by atoms with Gasteiger partial charge in [-0.2, -0.15) is 9.67 Å². The van der Waals surface area contributed by atoms with Crippen molar-refractivity contribution in [3.05, 3.63) is 30.5 Å². The largest absolute Gasteiger partial charge is 0.497 e. The van der Waals surface area contributed by atoms with Crippen LogP contribution in [0.2, 0.25) is 0 Å². The second-order valence-corrected chi connectivity index (χ2v) is 7.77. The highest BCUT2D eigenvalue weighted by atomic mass is 16.5. The summed E-state index contributed by atoms with van der Waals surface area (Å²) in [6.07, 6.45) is 6.52. The fourth-order valence-corrected chi connectivity index (χ4v) is 4.46. The summed E-state index contributed by atoms with van der Waals surface area (Å²) in [6, 6.07) is 8.34. The normalized spacial score (nSPS) is 25.0. The first-order chi connectivity index (χ1) is 14.2. The van der Waals surface area contributed by atoms with Gasteiger partial charge in [-0.05, 0) is 56.4 Å². The number of anilines is 1. The smallest absolute Gasteiger partial charge is 0.225 e. The molecule has 152 valence electrons. The quantitative estimate of drug-likeness (QED) is 0.676. The number of aliphatic hydroxyl groups excluding tert-OH is 1. The molecule has 0 bridgehead atoms. The fraction of sp³-hybridized carbons (Fsp3) is 0.500. The molecule has 3 atom stereocenters. The van der Waals surface area contributed by atoms with E-state index in [0.29, 0.717) is 29.2 Å². The van der Waals surface area contributed by atoms with Crippen molar-refractivity contribution in [2.45, 2.75) is 50.4 Å². The molecule has 0 spiro atoms. The third kappa shape index (κ3) is 3.51. The van der Waals surface area contributed by atoms with Crippen molar-refractivity contribution >= 4 is 17.1 Å². The van der Waals surface area contributed by atoms with Gasteiger partial charge < -0.3 is 15.2 Å². The summed E-state index contributed by atoms with van der Waals surface area (Å²) in [6.45, 7) is 0.994. The van der Waals surface area contributed by atoms with Crippen LogP contribution in [-0.4, -0.2) is 66.9 Å². The first-order valence-corrected chi connectivity index (χ1v) is 10.1. The van der Waals surface area contributed by atoms with Crippen LogP contribution in [0.3, 0.4) is 0 Å².